The van der Waals surface area contributed by atoms with Crippen LogP contribution >= 0.6 is 0 Å². The van der Waals surface area contributed by atoms with Gasteiger partial charge in [0.05, 0.1) is 11.9 Å². The fraction of sp³-hybridized carbons (Fsp3) is 0.235. The van der Waals surface area contributed by atoms with E-state index in [0.29, 0.717) is 17.6 Å². The second-order valence-corrected chi connectivity index (χ2v) is 5.34. The van der Waals surface area contributed by atoms with Gasteiger partial charge in [0.2, 0.25) is 0 Å². The highest BCUT2D eigenvalue weighted by molar-refractivity contribution is 5.76. The number of hydrogen-bond acceptors (Lipinski definition) is 3. The number of nitrogens with one attached hydrogen (secondary N) is 1. The molecule has 0 aliphatic carbocycles. The number of benzene rings is 2. The summed E-state index contributed by atoms with van der Waals surface area (Å²) in [6.07, 6.45) is 0. The number of fused-ring (bicyclic) bond motifs is 1. The van der Waals surface area contributed by atoms with Crippen molar-refractivity contribution in [2.45, 2.75) is 20.1 Å². The Morgan fingerprint density at radius 3 is 2.55 bits per heavy atom. The molecule has 22 heavy (non-hydrogen) atoms. The van der Waals surface area contributed by atoms with Crippen molar-refractivity contribution in [2.24, 2.45) is 0 Å². The second-order valence-electron chi connectivity index (χ2n) is 5.34. The van der Waals surface area contributed by atoms with E-state index < -0.39 is 0 Å². The monoisotopic (exact) mass is 295 g/mol. The minimum atomic E-state index is -0.0791. The number of rotatable bonds is 5. The van der Waals surface area contributed by atoms with Crippen LogP contribution in [0.15, 0.2) is 59.4 Å². The van der Waals surface area contributed by atoms with Crippen LogP contribution in [0.1, 0.15) is 12.5 Å². The average Bonchev–Trinajstić information content (AvgIpc) is 2.58. The number of hydrogen-bond donors (Lipinski definition) is 1. The molecule has 1 heterocycles. The van der Waals surface area contributed by atoms with Gasteiger partial charge in [-0.15, -0.1) is 5.10 Å². The Labute approximate surface area is 128 Å². The van der Waals surface area contributed by atoms with Crippen molar-refractivity contribution in [3.05, 3.63) is 70.5 Å². The lowest BCUT2D eigenvalue weighted by Crippen LogP contribution is -3.10. The fourth-order valence-corrected chi connectivity index (χ4v) is 2.52. The first-order chi connectivity index (χ1) is 10.8. The predicted octanol–water partition coefficient (Wildman–Crippen LogP) is 0.854. The summed E-state index contributed by atoms with van der Waals surface area (Å²) in [5.41, 5.74) is 1.82. The van der Waals surface area contributed by atoms with Crippen LogP contribution in [-0.4, -0.2) is 21.5 Å². The van der Waals surface area contributed by atoms with E-state index in [1.165, 1.54) is 15.1 Å². The van der Waals surface area contributed by atoms with Gasteiger partial charge >= 0.3 is 0 Å². The largest absolute Gasteiger partial charge is 0.313 e. The van der Waals surface area contributed by atoms with Gasteiger partial charge in [-0.1, -0.05) is 47.7 Å². The summed E-state index contributed by atoms with van der Waals surface area (Å²) < 4.78 is 1.46. The molecule has 0 spiro atoms. The van der Waals surface area contributed by atoms with E-state index in [1.807, 2.05) is 36.4 Å². The highest BCUT2D eigenvalue weighted by Crippen LogP contribution is 2.02. The van der Waals surface area contributed by atoms with Crippen LogP contribution in [0.25, 0.3) is 10.9 Å². The molecule has 0 saturated heterocycles. The van der Waals surface area contributed by atoms with Crippen molar-refractivity contribution in [1.82, 2.24) is 15.0 Å². The van der Waals surface area contributed by atoms with E-state index >= 15 is 0 Å². The first kappa shape index (κ1) is 14.4. The van der Waals surface area contributed by atoms with Crippen LogP contribution in [-0.2, 0) is 13.2 Å². The van der Waals surface area contributed by atoms with Gasteiger partial charge in [-0.2, -0.15) is 4.68 Å². The van der Waals surface area contributed by atoms with Crippen molar-refractivity contribution in [3.63, 3.8) is 0 Å². The van der Waals surface area contributed by atoms with E-state index in [2.05, 4.69) is 29.4 Å². The van der Waals surface area contributed by atoms with Gasteiger partial charge in [0.1, 0.15) is 12.1 Å². The van der Waals surface area contributed by atoms with E-state index in [9.17, 15) is 4.79 Å². The summed E-state index contributed by atoms with van der Waals surface area (Å²) in [5.74, 6) is 0. The molecule has 1 unspecified atom stereocenters. The van der Waals surface area contributed by atoms with Crippen LogP contribution in [0.3, 0.4) is 0 Å². The molecule has 5 heteroatoms. The normalized spacial score (nSPS) is 12.4. The molecule has 3 rings (SSSR count). The summed E-state index contributed by atoms with van der Waals surface area (Å²) >= 11 is 0. The van der Waals surface area contributed by atoms with Crippen molar-refractivity contribution >= 4 is 10.9 Å². The lowest BCUT2D eigenvalue weighted by molar-refractivity contribution is -0.935. The van der Waals surface area contributed by atoms with Crippen molar-refractivity contribution in [3.8, 4) is 0 Å². The summed E-state index contributed by atoms with van der Waals surface area (Å²) in [4.78, 5) is 13.7. The first-order valence-electron chi connectivity index (χ1n) is 7.48. The lowest BCUT2D eigenvalue weighted by Gasteiger charge is -2.17. The molecule has 5 nitrogen and oxygen atoms in total. The highest BCUT2D eigenvalue weighted by Gasteiger charge is 2.12. The first-order valence-corrected chi connectivity index (χ1v) is 7.48. The van der Waals surface area contributed by atoms with E-state index in [0.717, 1.165) is 13.1 Å². The molecular formula is C17H19N4O+. The van der Waals surface area contributed by atoms with Crippen molar-refractivity contribution in [1.29, 1.82) is 0 Å². The van der Waals surface area contributed by atoms with Gasteiger partial charge in [0.15, 0.2) is 6.67 Å². The Hall–Kier alpha value is -2.53. The third-order valence-corrected chi connectivity index (χ3v) is 3.80. The average molecular weight is 295 g/mol. The maximum atomic E-state index is 12.5. The number of nitrogens with zero attached hydrogens (tertiary/aromatic N) is 3. The Balaban J connectivity index is 1.85. The van der Waals surface area contributed by atoms with Gasteiger partial charge in [-0.25, -0.2) is 0 Å². The highest BCUT2D eigenvalue weighted by atomic mass is 16.1. The molecule has 1 N–H and O–H groups in total. The predicted molar refractivity (Wildman–Crippen MR) is 85.4 cm³/mol. The maximum Gasteiger partial charge on any atom is 0.282 e. The molecule has 1 aromatic heterocycles. The summed E-state index contributed by atoms with van der Waals surface area (Å²) in [5, 5.41) is 8.82. The SMILES string of the molecule is CC[NH+](Cc1ccccc1)Cn1nnc2ccccc2c1=O. The van der Waals surface area contributed by atoms with Crippen LogP contribution in [0.4, 0.5) is 0 Å². The zero-order valence-electron chi connectivity index (χ0n) is 12.6. The Morgan fingerprint density at radius 2 is 1.77 bits per heavy atom. The Kier molecular flexibility index (Phi) is 4.25. The van der Waals surface area contributed by atoms with Gasteiger partial charge in [0, 0.05) is 5.56 Å². The number of quaternary nitrogens is 1. The Bertz CT molecular complexity index is 814. The molecule has 0 radical (unpaired) electrons. The van der Waals surface area contributed by atoms with E-state index in [-0.39, 0.29) is 5.56 Å². The number of aromatic nitrogens is 3. The molecule has 0 aliphatic heterocycles. The zero-order chi connectivity index (χ0) is 15.4. The minimum Gasteiger partial charge on any atom is -0.313 e. The van der Waals surface area contributed by atoms with Crippen LogP contribution < -0.4 is 10.5 Å². The molecule has 3 aromatic rings. The van der Waals surface area contributed by atoms with Crippen LogP contribution in [0.2, 0.25) is 0 Å². The third kappa shape index (κ3) is 3.04. The smallest absolute Gasteiger partial charge is 0.282 e. The molecule has 112 valence electrons. The molecule has 0 aliphatic rings. The third-order valence-electron chi connectivity index (χ3n) is 3.80. The van der Waals surface area contributed by atoms with Gasteiger partial charge in [-0.3, -0.25) is 4.79 Å². The minimum absolute atomic E-state index is 0.0791. The second kappa shape index (κ2) is 6.49. The van der Waals surface area contributed by atoms with Crippen molar-refractivity contribution in [2.75, 3.05) is 6.54 Å². The molecule has 2 aromatic carbocycles. The summed E-state index contributed by atoms with van der Waals surface area (Å²) in [6, 6.07) is 17.6. The van der Waals surface area contributed by atoms with Crippen LogP contribution in [0, 0.1) is 0 Å². The van der Waals surface area contributed by atoms with Gasteiger partial charge in [0.25, 0.3) is 5.56 Å². The quantitative estimate of drug-likeness (QED) is 0.759. The standard InChI is InChI=1S/C17H18N4O/c1-2-20(12-14-8-4-3-5-9-14)13-21-17(22)15-10-6-7-11-16(15)18-19-21/h3-11H,2,12-13H2,1H3/p+1. The fourth-order valence-electron chi connectivity index (χ4n) is 2.52. The topological polar surface area (TPSA) is 52.2 Å². The summed E-state index contributed by atoms with van der Waals surface area (Å²) in [6.45, 7) is 4.40. The lowest BCUT2D eigenvalue weighted by atomic mass is 10.2. The van der Waals surface area contributed by atoms with Gasteiger partial charge < -0.3 is 4.90 Å². The van der Waals surface area contributed by atoms with Crippen LogP contribution in [0.5, 0.6) is 0 Å². The maximum absolute atomic E-state index is 12.5. The zero-order valence-corrected chi connectivity index (χ0v) is 12.6. The molecule has 1 atom stereocenters. The molecule has 0 amide bonds. The van der Waals surface area contributed by atoms with E-state index in [4.69, 9.17) is 0 Å². The molecule has 0 fully saturated rings. The Morgan fingerprint density at radius 1 is 1.05 bits per heavy atom. The van der Waals surface area contributed by atoms with Gasteiger partial charge in [-0.05, 0) is 19.1 Å². The van der Waals surface area contributed by atoms with Crippen molar-refractivity contribution < 1.29 is 4.90 Å². The molecular weight excluding hydrogens is 276 g/mol. The van der Waals surface area contributed by atoms with E-state index in [1.54, 1.807) is 6.07 Å². The summed E-state index contributed by atoms with van der Waals surface area (Å²) in [7, 11) is 0. The molecule has 0 bridgehead atoms. The molecule has 0 saturated carbocycles.